The molecule has 10 heteroatoms. The molecule has 0 radical (unpaired) electrons. The number of ether oxygens (including phenoxy) is 1. The van der Waals surface area contributed by atoms with E-state index in [4.69, 9.17) is 16.3 Å². The molecule has 0 aliphatic heterocycles. The van der Waals surface area contributed by atoms with Crippen LogP contribution in [-0.4, -0.2) is 25.7 Å². The van der Waals surface area contributed by atoms with Crippen LogP contribution < -0.4 is 15.6 Å². The van der Waals surface area contributed by atoms with Crippen molar-refractivity contribution in [2.24, 2.45) is 0 Å². The molecule has 6 aromatic rings. The monoisotopic (exact) mass is 563 g/mol. The maximum absolute atomic E-state index is 15.2. The number of hydrogen-bond acceptors (Lipinski definition) is 6. The van der Waals surface area contributed by atoms with Crippen molar-refractivity contribution in [3.63, 3.8) is 0 Å². The van der Waals surface area contributed by atoms with Gasteiger partial charge in [0.15, 0.2) is 17.3 Å². The van der Waals surface area contributed by atoms with Crippen molar-refractivity contribution in [2.75, 3.05) is 5.32 Å². The minimum Gasteiger partial charge on any atom is -0.454 e. The zero-order valence-electron chi connectivity index (χ0n) is 21.2. The molecular weight excluding hydrogens is 545 g/mol. The number of carbonyl (C=O) groups is 1. The van der Waals surface area contributed by atoms with Crippen molar-refractivity contribution in [3.8, 4) is 28.3 Å². The van der Waals surface area contributed by atoms with E-state index in [0.717, 1.165) is 16.3 Å². The number of aromatic nitrogens is 4. The van der Waals surface area contributed by atoms with Gasteiger partial charge in [0.2, 0.25) is 0 Å². The lowest BCUT2D eigenvalue weighted by Gasteiger charge is -2.13. The lowest BCUT2D eigenvalue weighted by molar-refractivity contribution is 0.102. The molecule has 3 aromatic carbocycles. The highest BCUT2D eigenvalue weighted by molar-refractivity contribution is 6.30. The molecule has 200 valence electrons. The van der Waals surface area contributed by atoms with Gasteiger partial charge in [0.05, 0.1) is 11.1 Å². The van der Waals surface area contributed by atoms with Crippen LogP contribution in [0.25, 0.3) is 27.6 Å². The summed E-state index contributed by atoms with van der Waals surface area (Å²) in [5, 5.41) is 8.19. The van der Waals surface area contributed by atoms with Gasteiger partial charge in [-0.3, -0.25) is 19.6 Å². The third-order valence-corrected chi connectivity index (χ3v) is 6.51. The van der Waals surface area contributed by atoms with Crippen LogP contribution in [-0.2, 0) is 0 Å². The van der Waals surface area contributed by atoms with E-state index in [-0.39, 0.29) is 17.1 Å². The second-order valence-electron chi connectivity index (χ2n) is 8.90. The summed E-state index contributed by atoms with van der Waals surface area (Å²) in [7, 11) is 0. The van der Waals surface area contributed by atoms with Crippen LogP contribution in [0.4, 0.5) is 10.1 Å². The van der Waals surface area contributed by atoms with Crippen LogP contribution in [0.15, 0.2) is 115 Å². The molecule has 0 spiro atoms. The maximum Gasteiger partial charge on any atom is 0.279 e. The number of anilines is 1. The minimum atomic E-state index is -0.694. The van der Waals surface area contributed by atoms with Crippen LogP contribution in [0, 0.1) is 5.82 Å². The lowest BCUT2D eigenvalue weighted by Crippen LogP contribution is -2.26. The minimum absolute atomic E-state index is 0.00576. The topological polar surface area (TPSA) is 99.0 Å². The van der Waals surface area contributed by atoms with Crippen molar-refractivity contribution in [1.82, 2.24) is 19.7 Å². The van der Waals surface area contributed by atoms with E-state index in [1.54, 1.807) is 85.5 Å². The Hall–Kier alpha value is -5.41. The first-order valence-electron chi connectivity index (χ1n) is 12.4. The molecule has 0 aliphatic rings. The lowest BCUT2D eigenvalue weighted by atomic mass is 10.1. The van der Waals surface area contributed by atoms with Crippen molar-refractivity contribution < 1.29 is 13.9 Å². The van der Waals surface area contributed by atoms with Crippen molar-refractivity contribution in [3.05, 3.63) is 137 Å². The molecule has 0 aliphatic carbocycles. The van der Waals surface area contributed by atoms with Crippen LogP contribution in [0.2, 0.25) is 5.02 Å². The third kappa shape index (κ3) is 5.26. The summed E-state index contributed by atoms with van der Waals surface area (Å²) in [6, 6.07) is 22.5. The number of pyridine rings is 2. The van der Waals surface area contributed by atoms with Gasteiger partial charge in [0.25, 0.3) is 11.5 Å². The molecule has 3 aromatic heterocycles. The zero-order valence-corrected chi connectivity index (χ0v) is 21.9. The van der Waals surface area contributed by atoms with Crippen molar-refractivity contribution >= 4 is 34.0 Å². The van der Waals surface area contributed by atoms with Gasteiger partial charge in [-0.15, -0.1) is 0 Å². The highest BCUT2D eigenvalue weighted by Gasteiger charge is 2.19. The van der Waals surface area contributed by atoms with E-state index in [1.165, 1.54) is 12.1 Å². The Balaban J connectivity index is 1.30. The summed E-state index contributed by atoms with van der Waals surface area (Å²) in [6.45, 7) is 0. The largest absolute Gasteiger partial charge is 0.454 e. The quantitative estimate of drug-likeness (QED) is 0.243. The first-order valence-corrected chi connectivity index (χ1v) is 12.8. The number of fused-ring (bicyclic) bond motifs is 1. The molecule has 0 unspecified atom stereocenters. The number of amides is 1. The Labute approximate surface area is 237 Å². The second-order valence-corrected chi connectivity index (χ2v) is 9.34. The van der Waals surface area contributed by atoms with Crippen LogP contribution in [0.1, 0.15) is 10.5 Å². The standard InChI is InChI=1S/C31H19ClFN5O3/c32-20-7-10-22(11-8-20)38-31(40)24-6-2-1-5-23(24)29(37-38)30(39)36-21-9-12-28(26(33)16-21)41-27-13-15-35-18-25(27)19-4-3-14-34-17-19/h1-18H,(H,36,39). The fourth-order valence-corrected chi connectivity index (χ4v) is 4.42. The number of nitrogens with zero attached hydrogens (tertiary/aromatic N) is 4. The Morgan fingerprint density at radius 2 is 1.63 bits per heavy atom. The number of hydrogen-bond donors (Lipinski definition) is 1. The van der Waals surface area contributed by atoms with Gasteiger partial charge in [-0.2, -0.15) is 9.78 Å². The van der Waals surface area contributed by atoms with Gasteiger partial charge in [-0.1, -0.05) is 35.9 Å². The Morgan fingerprint density at radius 3 is 2.39 bits per heavy atom. The van der Waals surface area contributed by atoms with Gasteiger partial charge in [0.1, 0.15) is 5.75 Å². The summed E-state index contributed by atoms with van der Waals surface area (Å²) < 4.78 is 22.2. The Bertz CT molecular complexity index is 1960. The van der Waals surface area contributed by atoms with Crippen LogP contribution in [0.3, 0.4) is 0 Å². The number of carbonyl (C=O) groups excluding carboxylic acids is 1. The summed E-state index contributed by atoms with van der Waals surface area (Å²) in [5.74, 6) is -0.964. The maximum atomic E-state index is 15.2. The first-order chi connectivity index (χ1) is 20.0. The zero-order chi connectivity index (χ0) is 28.3. The molecule has 3 heterocycles. The smallest absolute Gasteiger partial charge is 0.279 e. The van der Waals surface area contributed by atoms with E-state index in [1.807, 2.05) is 6.07 Å². The van der Waals surface area contributed by atoms with Gasteiger partial charge >= 0.3 is 0 Å². The van der Waals surface area contributed by atoms with E-state index < -0.39 is 17.3 Å². The molecule has 1 amide bonds. The van der Waals surface area contributed by atoms with Gasteiger partial charge < -0.3 is 10.1 Å². The molecular formula is C31H19ClFN5O3. The van der Waals surface area contributed by atoms with E-state index >= 15 is 4.39 Å². The van der Waals surface area contributed by atoms with E-state index in [9.17, 15) is 9.59 Å². The number of halogens is 2. The molecule has 0 fully saturated rings. The Morgan fingerprint density at radius 1 is 0.854 bits per heavy atom. The molecule has 0 saturated carbocycles. The summed E-state index contributed by atoms with van der Waals surface area (Å²) in [5.41, 5.74) is 1.62. The fraction of sp³-hybridized carbons (Fsp3) is 0. The molecule has 41 heavy (non-hydrogen) atoms. The summed E-state index contributed by atoms with van der Waals surface area (Å²) in [6.07, 6.45) is 6.46. The molecule has 0 bridgehead atoms. The average molecular weight is 564 g/mol. The first kappa shape index (κ1) is 25.8. The molecule has 0 atom stereocenters. The van der Waals surface area contributed by atoms with Gasteiger partial charge in [-0.05, 0) is 54.6 Å². The highest BCUT2D eigenvalue weighted by atomic mass is 35.5. The third-order valence-electron chi connectivity index (χ3n) is 6.25. The van der Waals surface area contributed by atoms with Crippen molar-refractivity contribution in [2.45, 2.75) is 0 Å². The fourth-order valence-electron chi connectivity index (χ4n) is 4.29. The SMILES string of the molecule is O=C(Nc1ccc(Oc2ccncc2-c2cccnc2)c(F)c1)c1nn(-c2ccc(Cl)cc2)c(=O)c2ccccc12. The van der Waals surface area contributed by atoms with Gasteiger partial charge in [0, 0.05) is 58.1 Å². The number of benzene rings is 3. The molecule has 1 N–H and O–H groups in total. The average Bonchev–Trinajstić information content (AvgIpc) is 3.00. The highest BCUT2D eigenvalue weighted by Crippen LogP contribution is 2.34. The Kier molecular flexibility index (Phi) is 6.93. The predicted octanol–water partition coefficient (Wildman–Crippen LogP) is 6.68. The van der Waals surface area contributed by atoms with Crippen LogP contribution >= 0.6 is 11.6 Å². The molecule has 8 nitrogen and oxygen atoms in total. The number of nitrogens with one attached hydrogen (secondary N) is 1. The van der Waals surface area contributed by atoms with E-state index in [2.05, 4.69) is 20.4 Å². The van der Waals surface area contributed by atoms with Crippen LogP contribution in [0.5, 0.6) is 11.5 Å². The van der Waals surface area contributed by atoms with Crippen molar-refractivity contribution in [1.29, 1.82) is 0 Å². The second kappa shape index (κ2) is 11.0. The number of rotatable bonds is 6. The van der Waals surface area contributed by atoms with E-state index in [0.29, 0.717) is 32.8 Å². The normalized spacial score (nSPS) is 10.9. The summed E-state index contributed by atoms with van der Waals surface area (Å²) >= 11 is 5.99. The summed E-state index contributed by atoms with van der Waals surface area (Å²) in [4.78, 5) is 34.8. The van der Waals surface area contributed by atoms with Gasteiger partial charge in [-0.25, -0.2) is 4.39 Å². The molecule has 0 saturated heterocycles. The molecule has 6 rings (SSSR count). The predicted molar refractivity (Wildman–Crippen MR) is 154 cm³/mol.